The molecular weight excluding hydrogens is 192 g/mol. The van der Waals surface area contributed by atoms with Gasteiger partial charge in [0.1, 0.15) is 0 Å². The summed E-state index contributed by atoms with van der Waals surface area (Å²) in [4.78, 5) is 14.8. The van der Waals surface area contributed by atoms with Crippen LogP contribution in [0.5, 0.6) is 0 Å². The average Bonchev–Trinajstić information content (AvgIpc) is 2.14. The van der Waals surface area contributed by atoms with E-state index < -0.39 is 5.97 Å². The lowest BCUT2D eigenvalue weighted by Gasteiger charge is -2.15. The van der Waals surface area contributed by atoms with Gasteiger partial charge >= 0.3 is 5.97 Å². The van der Waals surface area contributed by atoms with Gasteiger partial charge in [-0.3, -0.25) is 9.78 Å². The zero-order chi connectivity index (χ0) is 11.4. The van der Waals surface area contributed by atoms with E-state index in [2.05, 4.69) is 4.98 Å². The van der Waals surface area contributed by atoms with Gasteiger partial charge in [0.05, 0.1) is 6.42 Å². The van der Waals surface area contributed by atoms with Gasteiger partial charge in [0.15, 0.2) is 0 Å². The maximum Gasteiger partial charge on any atom is 0.304 e. The second-order valence-electron chi connectivity index (χ2n) is 3.71. The molecule has 0 aliphatic carbocycles. The SMILES string of the molecule is Cc1cc(C)c(C(CN)CC(=O)O)cn1. The third-order valence-corrected chi connectivity index (χ3v) is 2.43. The number of aliphatic carboxylic acids is 1. The van der Waals surface area contributed by atoms with Gasteiger partial charge in [-0.2, -0.15) is 0 Å². The van der Waals surface area contributed by atoms with Gasteiger partial charge < -0.3 is 10.8 Å². The number of hydrogen-bond acceptors (Lipinski definition) is 3. The second kappa shape index (κ2) is 4.89. The van der Waals surface area contributed by atoms with Crippen molar-refractivity contribution in [3.63, 3.8) is 0 Å². The number of rotatable bonds is 4. The highest BCUT2D eigenvalue weighted by atomic mass is 16.4. The van der Waals surface area contributed by atoms with Crippen LogP contribution in [0.4, 0.5) is 0 Å². The van der Waals surface area contributed by atoms with E-state index in [-0.39, 0.29) is 12.3 Å². The highest BCUT2D eigenvalue weighted by Gasteiger charge is 2.16. The van der Waals surface area contributed by atoms with Crippen molar-refractivity contribution in [3.05, 3.63) is 29.1 Å². The minimum absolute atomic E-state index is 0.0576. The monoisotopic (exact) mass is 208 g/mol. The lowest BCUT2D eigenvalue weighted by molar-refractivity contribution is -0.137. The summed E-state index contributed by atoms with van der Waals surface area (Å²) < 4.78 is 0. The summed E-state index contributed by atoms with van der Waals surface area (Å²) in [5.74, 6) is -0.971. The lowest BCUT2D eigenvalue weighted by Crippen LogP contribution is -2.17. The Balaban J connectivity index is 2.96. The smallest absolute Gasteiger partial charge is 0.304 e. The Kier molecular flexibility index (Phi) is 3.80. The first-order valence-corrected chi connectivity index (χ1v) is 4.89. The molecule has 0 amide bonds. The first kappa shape index (κ1) is 11.7. The van der Waals surface area contributed by atoms with Gasteiger partial charge in [-0.15, -0.1) is 0 Å². The van der Waals surface area contributed by atoms with Crippen LogP contribution in [0.2, 0.25) is 0 Å². The molecule has 1 aromatic rings. The van der Waals surface area contributed by atoms with E-state index >= 15 is 0 Å². The Morgan fingerprint density at radius 3 is 2.73 bits per heavy atom. The van der Waals surface area contributed by atoms with E-state index in [0.717, 1.165) is 16.8 Å². The highest BCUT2D eigenvalue weighted by Crippen LogP contribution is 2.21. The molecule has 1 aromatic heterocycles. The van der Waals surface area contributed by atoms with E-state index in [1.807, 2.05) is 19.9 Å². The summed E-state index contributed by atoms with van der Waals surface area (Å²) in [6, 6.07) is 1.94. The van der Waals surface area contributed by atoms with Crippen LogP contribution in [0, 0.1) is 13.8 Å². The summed E-state index contributed by atoms with van der Waals surface area (Å²) in [7, 11) is 0. The molecule has 3 N–H and O–H groups in total. The van der Waals surface area contributed by atoms with Crippen LogP contribution in [0.1, 0.15) is 29.2 Å². The van der Waals surface area contributed by atoms with Crippen molar-refractivity contribution < 1.29 is 9.90 Å². The van der Waals surface area contributed by atoms with Crippen molar-refractivity contribution in [3.8, 4) is 0 Å². The zero-order valence-electron chi connectivity index (χ0n) is 9.03. The first-order chi connectivity index (χ1) is 7.04. The molecule has 4 heteroatoms. The molecule has 1 unspecified atom stereocenters. The standard InChI is InChI=1S/C11H16N2O2/c1-7-3-8(2)13-6-10(7)9(5-12)4-11(14)15/h3,6,9H,4-5,12H2,1-2H3,(H,14,15). The number of aromatic nitrogens is 1. The molecule has 1 heterocycles. The zero-order valence-corrected chi connectivity index (χ0v) is 9.03. The number of nitrogens with two attached hydrogens (primary N) is 1. The van der Waals surface area contributed by atoms with Crippen molar-refractivity contribution in [2.24, 2.45) is 5.73 Å². The van der Waals surface area contributed by atoms with E-state index in [9.17, 15) is 4.79 Å². The fraction of sp³-hybridized carbons (Fsp3) is 0.455. The van der Waals surface area contributed by atoms with Crippen molar-refractivity contribution >= 4 is 5.97 Å². The van der Waals surface area contributed by atoms with Crippen LogP contribution in [-0.2, 0) is 4.79 Å². The van der Waals surface area contributed by atoms with Gasteiger partial charge in [-0.05, 0) is 37.6 Å². The molecular formula is C11H16N2O2. The molecule has 0 aromatic carbocycles. The number of aryl methyl sites for hydroxylation is 2. The second-order valence-corrected chi connectivity index (χ2v) is 3.71. The van der Waals surface area contributed by atoms with E-state index in [1.54, 1.807) is 6.20 Å². The molecule has 15 heavy (non-hydrogen) atoms. The number of carboxylic acid groups (broad SMARTS) is 1. The van der Waals surface area contributed by atoms with Crippen LogP contribution in [0.3, 0.4) is 0 Å². The van der Waals surface area contributed by atoms with Crippen LogP contribution < -0.4 is 5.73 Å². The Labute approximate surface area is 89.1 Å². The van der Waals surface area contributed by atoms with Crippen molar-refractivity contribution in [2.45, 2.75) is 26.2 Å². The molecule has 0 aliphatic heterocycles. The van der Waals surface area contributed by atoms with E-state index in [1.165, 1.54) is 0 Å². The quantitative estimate of drug-likeness (QED) is 0.779. The number of carbonyl (C=O) groups is 1. The third-order valence-electron chi connectivity index (χ3n) is 2.43. The molecule has 0 spiro atoms. The topological polar surface area (TPSA) is 76.2 Å². The molecule has 1 atom stereocenters. The number of hydrogen-bond donors (Lipinski definition) is 2. The van der Waals surface area contributed by atoms with Crippen molar-refractivity contribution in [2.75, 3.05) is 6.54 Å². The predicted octanol–water partition coefficient (Wildman–Crippen LogP) is 1.22. The van der Waals surface area contributed by atoms with Crippen LogP contribution in [-0.4, -0.2) is 22.6 Å². The maximum atomic E-state index is 10.6. The van der Waals surface area contributed by atoms with Crippen LogP contribution >= 0.6 is 0 Å². The normalized spacial score (nSPS) is 12.5. The number of nitrogens with zero attached hydrogens (tertiary/aromatic N) is 1. The van der Waals surface area contributed by atoms with Gasteiger partial charge in [0.2, 0.25) is 0 Å². The van der Waals surface area contributed by atoms with Crippen molar-refractivity contribution in [1.29, 1.82) is 0 Å². The molecule has 0 radical (unpaired) electrons. The van der Waals surface area contributed by atoms with Crippen molar-refractivity contribution in [1.82, 2.24) is 4.98 Å². The number of carboxylic acids is 1. The van der Waals surface area contributed by atoms with Gasteiger partial charge in [-0.1, -0.05) is 0 Å². The van der Waals surface area contributed by atoms with E-state index in [4.69, 9.17) is 10.8 Å². The van der Waals surface area contributed by atoms with Crippen LogP contribution in [0.15, 0.2) is 12.3 Å². The van der Waals surface area contributed by atoms with Gasteiger partial charge in [0.25, 0.3) is 0 Å². The van der Waals surface area contributed by atoms with Gasteiger partial charge in [-0.25, -0.2) is 0 Å². The van der Waals surface area contributed by atoms with Gasteiger partial charge in [0, 0.05) is 17.8 Å². The minimum Gasteiger partial charge on any atom is -0.481 e. The maximum absolute atomic E-state index is 10.6. The minimum atomic E-state index is -0.828. The summed E-state index contributed by atoms with van der Waals surface area (Å²) in [5.41, 5.74) is 8.49. The van der Waals surface area contributed by atoms with Crippen LogP contribution in [0.25, 0.3) is 0 Å². The lowest BCUT2D eigenvalue weighted by atomic mass is 9.93. The summed E-state index contributed by atoms with van der Waals surface area (Å²) >= 11 is 0. The summed E-state index contributed by atoms with van der Waals surface area (Å²) in [5, 5.41) is 8.75. The first-order valence-electron chi connectivity index (χ1n) is 4.89. The Hall–Kier alpha value is -1.42. The van der Waals surface area contributed by atoms with E-state index in [0.29, 0.717) is 6.54 Å². The molecule has 0 bridgehead atoms. The number of pyridine rings is 1. The largest absolute Gasteiger partial charge is 0.481 e. The fourth-order valence-electron chi connectivity index (χ4n) is 1.67. The third kappa shape index (κ3) is 3.02. The molecule has 0 aliphatic rings. The molecule has 1 rings (SSSR count). The molecule has 0 saturated heterocycles. The molecule has 0 saturated carbocycles. The molecule has 82 valence electrons. The summed E-state index contributed by atoms with van der Waals surface area (Å²) in [6.45, 7) is 4.19. The Morgan fingerprint density at radius 1 is 1.60 bits per heavy atom. The summed E-state index contributed by atoms with van der Waals surface area (Å²) in [6.07, 6.45) is 1.78. The Morgan fingerprint density at radius 2 is 2.27 bits per heavy atom. The predicted molar refractivity (Wildman–Crippen MR) is 57.8 cm³/mol. The molecule has 0 fully saturated rings. The average molecular weight is 208 g/mol. The molecule has 4 nitrogen and oxygen atoms in total. The highest BCUT2D eigenvalue weighted by molar-refractivity contribution is 5.68. The Bertz CT molecular complexity index is 364. The fourth-order valence-corrected chi connectivity index (χ4v) is 1.67.